The van der Waals surface area contributed by atoms with Crippen molar-refractivity contribution in [1.29, 1.82) is 0 Å². The third kappa shape index (κ3) is 7.45. The molecule has 1 heteroatoms. The topological polar surface area (TPSA) is 9.23 Å². The molecule has 1 aromatic rings. The second-order valence-electron chi connectivity index (χ2n) is 9.54. The summed E-state index contributed by atoms with van der Waals surface area (Å²) in [7, 11) is 0. The van der Waals surface area contributed by atoms with Crippen LogP contribution >= 0.6 is 0 Å². The first-order chi connectivity index (χ1) is 14.3. The molecule has 0 heterocycles. The molecule has 2 fully saturated rings. The summed E-state index contributed by atoms with van der Waals surface area (Å²) in [5, 5.41) is 0. The highest BCUT2D eigenvalue weighted by molar-refractivity contribution is 5.25. The number of rotatable bonds is 11. The summed E-state index contributed by atoms with van der Waals surface area (Å²) in [6.45, 7) is 9.29. The van der Waals surface area contributed by atoms with Gasteiger partial charge in [0.05, 0.1) is 6.61 Å². The highest BCUT2D eigenvalue weighted by Gasteiger charge is 2.24. The largest absolute Gasteiger partial charge is 0.377 e. The van der Waals surface area contributed by atoms with Crippen molar-refractivity contribution in [3.63, 3.8) is 0 Å². The van der Waals surface area contributed by atoms with Crippen LogP contribution in [0.2, 0.25) is 0 Å². The molecule has 0 spiro atoms. The van der Waals surface area contributed by atoms with Crippen molar-refractivity contribution >= 4 is 0 Å². The van der Waals surface area contributed by atoms with Gasteiger partial charge in [0, 0.05) is 6.61 Å². The van der Waals surface area contributed by atoms with Crippen LogP contribution in [0.15, 0.2) is 49.6 Å². The van der Waals surface area contributed by atoms with Gasteiger partial charge in [0.2, 0.25) is 0 Å². The minimum atomic E-state index is 0.735. The van der Waals surface area contributed by atoms with E-state index in [-0.39, 0.29) is 0 Å². The molecule has 2 aliphatic carbocycles. The van der Waals surface area contributed by atoms with Gasteiger partial charge in [-0.3, -0.25) is 0 Å². The Morgan fingerprint density at radius 2 is 1.45 bits per heavy atom. The lowest BCUT2D eigenvalue weighted by molar-refractivity contribution is 0.119. The predicted octanol–water partition coefficient (Wildman–Crippen LogP) is 8.22. The Hall–Kier alpha value is -1.34. The SMILES string of the molecule is C=CCCCOCc1ccc(C2CCC(CCC3CCC(C=C)CC3)CC2)cc1. The molecule has 0 unspecified atom stereocenters. The lowest BCUT2D eigenvalue weighted by atomic mass is 9.74. The van der Waals surface area contributed by atoms with Gasteiger partial charge in [-0.2, -0.15) is 0 Å². The minimum absolute atomic E-state index is 0.735. The molecular weight excluding hydrogens is 352 g/mol. The molecule has 2 saturated carbocycles. The zero-order valence-corrected chi connectivity index (χ0v) is 18.5. The lowest BCUT2D eigenvalue weighted by Gasteiger charge is -2.31. The molecule has 1 nitrogen and oxygen atoms in total. The summed E-state index contributed by atoms with van der Waals surface area (Å²) in [4.78, 5) is 0. The average Bonchev–Trinajstić information content (AvgIpc) is 2.79. The van der Waals surface area contributed by atoms with Gasteiger partial charge in [0.1, 0.15) is 0 Å². The zero-order chi connectivity index (χ0) is 20.3. The smallest absolute Gasteiger partial charge is 0.0716 e. The number of ether oxygens (including phenoxy) is 1. The minimum Gasteiger partial charge on any atom is -0.377 e. The molecule has 0 radical (unpaired) electrons. The first-order valence-electron chi connectivity index (χ1n) is 12.2. The van der Waals surface area contributed by atoms with Crippen LogP contribution in [0.3, 0.4) is 0 Å². The maximum Gasteiger partial charge on any atom is 0.0716 e. The summed E-state index contributed by atoms with van der Waals surface area (Å²) < 4.78 is 5.76. The van der Waals surface area contributed by atoms with Crippen LogP contribution in [-0.4, -0.2) is 6.61 Å². The highest BCUT2D eigenvalue weighted by atomic mass is 16.5. The van der Waals surface area contributed by atoms with Gasteiger partial charge >= 0.3 is 0 Å². The molecule has 29 heavy (non-hydrogen) atoms. The van der Waals surface area contributed by atoms with Crippen LogP contribution in [-0.2, 0) is 11.3 Å². The maximum atomic E-state index is 5.76. The zero-order valence-electron chi connectivity index (χ0n) is 18.5. The van der Waals surface area contributed by atoms with Crippen LogP contribution in [0, 0.1) is 17.8 Å². The van der Waals surface area contributed by atoms with E-state index in [0.29, 0.717) is 0 Å². The molecule has 0 amide bonds. The number of unbranched alkanes of at least 4 members (excludes halogenated alkanes) is 1. The Balaban J connectivity index is 1.32. The van der Waals surface area contributed by atoms with Crippen LogP contribution in [0.25, 0.3) is 0 Å². The number of hydrogen-bond donors (Lipinski definition) is 0. The lowest BCUT2D eigenvalue weighted by Crippen LogP contribution is -2.17. The molecule has 0 aliphatic heterocycles. The Labute approximate surface area is 179 Å². The van der Waals surface area contributed by atoms with Crippen molar-refractivity contribution in [2.75, 3.05) is 6.61 Å². The normalized spacial score (nSPS) is 27.4. The average molecular weight is 395 g/mol. The Morgan fingerprint density at radius 1 is 0.828 bits per heavy atom. The Bertz CT molecular complexity index is 585. The Morgan fingerprint density at radius 3 is 2.03 bits per heavy atom. The van der Waals surface area contributed by atoms with Gasteiger partial charge in [-0.25, -0.2) is 0 Å². The van der Waals surface area contributed by atoms with Crippen LogP contribution in [0.5, 0.6) is 0 Å². The van der Waals surface area contributed by atoms with Gasteiger partial charge in [-0.15, -0.1) is 13.2 Å². The van der Waals surface area contributed by atoms with E-state index in [1.54, 1.807) is 5.56 Å². The molecule has 1 aromatic carbocycles. The van der Waals surface area contributed by atoms with Crippen molar-refractivity contribution in [3.8, 4) is 0 Å². The van der Waals surface area contributed by atoms with Crippen LogP contribution in [0.4, 0.5) is 0 Å². The van der Waals surface area contributed by atoms with E-state index < -0.39 is 0 Å². The molecule has 0 N–H and O–H groups in total. The molecule has 0 saturated heterocycles. The molecule has 2 aliphatic rings. The predicted molar refractivity (Wildman–Crippen MR) is 125 cm³/mol. The van der Waals surface area contributed by atoms with Crippen LogP contribution < -0.4 is 0 Å². The molecule has 0 bridgehead atoms. The third-order valence-electron chi connectivity index (χ3n) is 7.47. The summed E-state index contributed by atoms with van der Waals surface area (Å²) in [5.74, 6) is 3.55. The fraction of sp³-hybridized carbons (Fsp3) is 0.643. The number of hydrogen-bond acceptors (Lipinski definition) is 1. The van der Waals surface area contributed by atoms with E-state index in [2.05, 4.69) is 43.5 Å². The molecule has 160 valence electrons. The first kappa shape index (κ1) is 22.3. The van der Waals surface area contributed by atoms with E-state index in [0.717, 1.165) is 49.7 Å². The summed E-state index contributed by atoms with van der Waals surface area (Å²) >= 11 is 0. The van der Waals surface area contributed by atoms with E-state index in [1.165, 1.54) is 69.8 Å². The fourth-order valence-corrected chi connectivity index (χ4v) is 5.37. The number of benzene rings is 1. The van der Waals surface area contributed by atoms with E-state index in [9.17, 15) is 0 Å². The van der Waals surface area contributed by atoms with Gasteiger partial charge in [0.25, 0.3) is 0 Å². The van der Waals surface area contributed by atoms with Crippen molar-refractivity contribution in [2.24, 2.45) is 17.8 Å². The number of allylic oxidation sites excluding steroid dienone is 2. The van der Waals surface area contributed by atoms with Crippen molar-refractivity contribution in [2.45, 2.75) is 89.6 Å². The van der Waals surface area contributed by atoms with E-state index in [4.69, 9.17) is 4.74 Å². The standard InChI is InChI=1S/C28H42O/c1-3-5-6-21-29-22-26-15-19-28(20-16-26)27-17-13-25(14-18-27)12-11-24-9-7-23(4-2)8-10-24/h3-4,15-16,19-20,23-25,27H,1-2,5-14,17-18,21-22H2. The van der Waals surface area contributed by atoms with E-state index >= 15 is 0 Å². The highest BCUT2D eigenvalue weighted by Crippen LogP contribution is 2.39. The second kappa shape index (κ2) is 12.4. The second-order valence-corrected chi connectivity index (χ2v) is 9.54. The van der Waals surface area contributed by atoms with Crippen molar-refractivity contribution < 1.29 is 4.74 Å². The quantitative estimate of drug-likeness (QED) is 0.271. The third-order valence-corrected chi connectivity index (χ3v) is 7.47. The van der Waals surface area contributed by atoms with Gasteiger partial charge < -0.3 is 4.74 Å². The fourth-order valence-electron chi connectivity index (χ4n) is 5.37. The monoisotopic (exact) mass is 394 g/mol. The van der Waals surface area contributed by atoms with E-state index in [1.807, 2.05) is 6.08 Å². The summed E-state index contributed by atoms with van der Waals surface area (Å²) in [6, 6.07) is 9.25. The van der Waals surface area contributed by atoms with Crippen molar-refractivity contribution in [1.82, 2.24) is 0 Å². The van der Waals surface area contributed by atoms with Crippen molar-refractivity contribution in [3.05, 3.63) is 60.7 Å². The van der Waals surface area contributed by atoms with Gasteiger partial charge in [0.15, 0.2) is 0 Å². The summed E-state index contributed by atoms with van der Waals surface area (Å²) in [6.07, 6.45) is 20.5. The Kier molecular flexibility index (Phi) is 9.54. The maximum absolute atomic E-state index is 5.76. The molecule has 0 aromatic heterocycles. The molecular formula is C28H42O. The first-order valence-corrected chi connectivity index (χ1v) is 12.2. The molecule has 3 rings (SSSR count). The molecule has 0 atom stereocenters. The van der Waals surface area contributed by atoms with Gasteiger partial charge in [-0.1, -0.05) is 49.3 Å². The van der Waals surface area contributed by atoms with Crippen LogP contribution in [0.1, 0.15) is 94.1 Å². The summed E-state index contributed by atoms with van der Waals surface area (Å²) in [5.41, 5.74) is 2.84. The van der Waals surface area contributed by atoms with Gasteiger partial charge in [-0.05, 0) is 99.0 Å².